The van der Waals surface area contributed by atoms with Gasteiger partial charge >= 0.3 is 0 Å². The minimum atomic E-state index is -0.0709. The highest BCUT2D eigenvalue weighted by atomic mass is 16.1. The van der Waals surface area contributed by atoms with Crippen LogP contribution in [0.15, 0.2) is 24.3 Å². The van der Waals surface area contributed by atoms with Crippen LogP contribution in [-0.4, -0.2) is 5.91 Å². The second-order valence-corrected chi connectivity index (χ2v) is 7.85. The fourth-order valence-electron chi connectivity index (χ4n) is 5.80. The van der Waals surface area contributed by atoms with E-state index in [1.54, 1.807) is 11.1 Å². The van der Waals surface area contributed by atoms with Gasteiger partial charge in [-0.2, -0.15) is 0 Å². The summed E-state index contributed by atoms with van der Waals surface area (Å²) in [6.07, 6.45) is 7.13. The number of hydrogen-bond acceptors (Lipinski definition) is 1. The van der Waals surface area contributed by atoms with Gasteiger partial charge in [0.2, 0.25) is 5.91 Å². The lowest BCUT2D eigenvalue weighted by Gasteiger charge is -2.49. The van der Waals surface area contributed by atoms with Gasteiger partial charge in [0.15, 0.2) is 0 Å². The van der Waals surface area contributed by atoms with E-state index in [4.69, 9.17) is 5.73 Å². The van der Waals surface area contributed by atoms with E-state index in [0.717, 1.165) is 24.7 Å². The second kappa shape index (κ2) is 4.59. The smallest absolute Gasteiger partial charge is 0.220 e. The second-order valence-electron chi connectivity index (χ2n) is 7.85. The maximum absolute atomic E-state index is 11.7. The number of primary amides is 1. The largest absolute Gasteiger partial charge is 0.369 e. The molecule has 3 aliphatic carbocycles. The molecule has 1 aromatic carbocycles. The Labute approximate surface area is 127 Å². The predicted octanol–water partition coefficient (Wildman–Crippen LogP) is 3.64. The van der Waals surface area contributed by atoms with Crippen LogP contribution in [0.1, 0.15) is 56.1 Å². The third-order valence-electron chi connectivity index (χ3n) is 6.81. The fraction of sp³-hybridized carbons (Fsp3) is 0.632. The van der Waals surface area contributed by atoms with Crippen LogP contribution < -0.4 is 5.73 Å². The Morgan fingerprint density at radius 3 is 2.90 bits per heavy atom. The molecule has 0 heterocycles. The topological polar surface area (TPSA) is 43.1 Å². The van der Waals surface area contributed by atoms with Gasteiger partial charge in [-0.3, -0.25) is 4.79 Å². The van der Waals surface area contributed by atoms with E-state index in [-0.39, 0.29) is 11.8 Å². The van der Waals surface area contributed by atoms with Crippen LogP contribution in [-0.2, 0) is 11.2 Å². The molecule has 3 aliphatic rings. The minimum Gasteiger partial charge on any atom is -0.369 e. The van der Waals surface area contributed by atoms with Crippen molar-refractivity contribution in [2.75, 3.05) is 0 Å². The van der Waals surface area contributed by atoms with E-state index in [1.807, 2.05) is 0 Å². The number of benzene rings is 1. The van der Waals surface area contributed by atoms with E-state index in [2.05, 4.69) is 31.2 Å². The van der Waals surface area contributed by atoms with Crippen LogP contribution in [0.3, 0.4) is 0 Å². The first-order valence-corrected chi connectivity index (χ1v) is 8.45. The highest BCUT2D eigenvalue weighted by Crippen LogP contribution is 2.62. The minimum absolute atomic E-state index is 0.0709. The van der Waals surface area contributed by atoms with Crippen molar-refractivity contribution in [3.63, 3.8) is 0 Å². The molecule has 1 unspecified atom stereocenters. The molecular formula is C19H25NO. The van der Waals surface area contributed by atoms with E-state index in [9.17, 15) is 4.79 Å². The molecule has 0 bridgehead atoms. The van der Waals surface area contributed by atoms with E-state index >= 15 is 0 Å². The molecular weight excluding hydrogens is 258 g/mol. The van der Waals surface area contributed by atoms with Gasteiger partial charge in [-0.1, -0.05) is 31.2 Å². The van der Waals surface area contributed by atoms with Crippen LogP contribution in [0, 0.1) is 23.2 Å². The van der Waals surface area contributed by atoms with Crippen LogP contribution in [0.2, 0.25) is 0 Å². The van der Waals surface area contributed by atoms with Crippen molar-refractivity contribution in [2.24, 2.45) is 28.9 Å². The third kappa shape index (κ3) is 1.95. The van der Waals surface area contributed by atoms with Gasteiger partial charge in [-0.05, 0) is 72.8 Å². The summed E-state index contributed by atoms with van der Waals surface area (Å²) in [4.78, 5) is 11.7. The quantitative estimate of drug-likeness (QED) is 0.840. The van der Waals surface area contributed by atoms with Crippen LogP contribution in [0.4, 0.5) is 0 Å². The molecule has 1 aromatic rings. The van der Waals surface area contributed by atoms with E-state index in [1.165, 1.54) is 25.7 Å². The van der Waals surface area contributed by atoms with Crippen molar-refractivity contribution in [3.05, 3.63) is 35.4 Å². The van der Waals surface area contributed by atoms with Gasteiger partial charge in [-0.15, -0.1) is 0 Å². The number of carbonyl (C=O) groups excluding carboxylic acids is 1. The average molecular weight is 283 g/mol. The van der Waals surface area contributed by atoms with Crippen molar-refractivity contribution in [1.29, 1.82) is 0 Å². The molecule has 0 radical (unpaired) electrons. The van der Waals surface area contributed by atoms with E-state index < -0.39 is 0 Å². The number of fused-ring (bicyclic) bond motifs is 5. The molecule has 112 valence electrons. The van der Waals surface area contributed by atoms with Gasteiger partial charge in [0.1, 0.15) is 0 Å². The monoisotopic (exact) mass is 283 g/mol. The summed E-state index contributed by atoms with van der Waals surface area (Å²) < 4.78 is 0. The lowest BCUT2D eigenvalue weighted by Crippen LogP contribution is -2.39. The van der Waals surface area contributed by atoms with E-state index in [0.29, 0.717) is 11.3 Å². The standard InChI is InChI=1S/C19H25NO/c1-19-9-8-15-14-5-3-2-4-12(14)6-7-16(15)17(19)10-13(11-19)18(20)21/h2-5,13,15-17H,6-11H2,1H3,(H2,20,21)/t13?,15-,16-,17+,19-/m1/s1. The van der Waals surface area contributed by atoms with Gasteiger partial charge in [0, 0.05) is 5.92 Å². The Balaban J connectivity index is 1.67. The molecule has 5 atom stereocenters. The number of aryl methyl sites for hydroxylation is 1. The molecule has 2 saturated carbocycles. The summed E-state index contributed by atoms with van der Waals surface area (Å²) in [6.45, 7) is 2.41. The zero-order valence-electron chi connectivity index (χ0n) is 12.8. The van der Waals surface area contributed by atoms with Gasteiger partial charge in [0.25, 0.3) is 0 Å². The summed E-state index contributed by atoms with van der Waals surface area (Å²) in [5.74, 6) is 2.24. The van der Waals surface area contributed by atoms with Gasteiger partial charge in [0.05, 0.1) is 0 Å². The normalized spacial score (nSPS) is 41.0. The average Bonchev–Trinajstić information content (AvgIpc) is 2.85. The Morgan fingerprint density at radius 1 is 1.29 bits per heavy atom. The first kappa shape index (κ1) is 13.4. The third-order valence-corrected chi connectivity index (χ3v) is 6.81. The molecule has 2 N–H and O–H groups in total. The lowest BCUT2D eigenvalue weighted by molar-refractivity contribution is -0.121. The lowest BCUT2D eigenvalue weighted by atomic mass is 9.56. The van der Waals surface area contributed by atoms with Gasteiger partial charge < -0.3 is 5.73 Å². The molecule has 0 aliphatic heterocycles. The predicted molar refractivity (Wildman–Crippen MR) is 83.7 cm³/mol. The van der Waals surface area contributed by atoms with Gasteiger partial charge in [-0.25, -0.2) is 0 Å². The maximum Gasteiger partial charge on any atom is 0.220 e. The molecule has 0 aromatic heterocycles. The number of rotatable bonds is 1. The van der Waals surface area contributed by atoms with Crippen molar-refractivity contribution in [3.8, 4) is 0 Å². The Hall–Kier alpha value is -1.31. The molecule has 0 spiro atoms. The zero-order chi connectivity index (χ0) is 14.6. The molecule has 1 amide bonds. The summed E-state index contributed by atoms with van der Waals surface area (Å²) in [6, 6.07) is 9.01. The number of carbonyl (C=O) groups is 1. The fourth-order valence-corrected chi connectivity index (χ4v) is 5.80. The molecule has 2 nitrogen and oxygen atoms in total. The number of hydrogen-bond donors (Lipinski definition) is 1. The summed E-state index contributed by atoms with van der Waals surface area (Å²) >= 11 is 0. The molecule has 4 rings (SSSR count). The van der Waals surface area contributed by atoms with Crippen molar-refractivity contribution < 1.29 is 4.79 Å². The SMILES string of the molecule is C[C@]12CC[C@@H]3c4ccccc4CC[C@H]3[C@@H]1CC(C(N)=O)C2. The number of nitrogens with two attached hydrogens (primary N) is 1. The zero-order valence-corrected chi connectivity index (χ0v) is 12.8. The summed E-state index contributed by atoms with van der Waals surface area (Å²) in [5.41, 5.74) is 9.13. The first-order chi connectivity index (χ1) is 10.1. The Bertz CT molecular complexity index is 581. The van der Waals surface area contributed by atoms with Crippen LogP contribution in [0.5, 0.6) is 0 Å². The highest BCUT2D eigenvalue weighted by Gasteiger charge is 2.53. The molecule has 2 fully saturated rings. The maximum atomic E-state index is 11.7. The Kier molecular flexibility index (Phi) is 2.92. The number of amides is 1. The van der Waals surface area contributed by atoms with Crippen LogP contribution >= 0.6 is 0 Å². The van der Waals surface area contributed by atoms with Crippen molar-refractivity contribution in [2.45, 2.75) is 51.4 Å². The molecule has 0 saturated heterocycles. The first-order valence-electron chi connectivity index (χ1n) is 8.45. The Morgan fingerprint density at radius 2 is 2.10 bits per heavy atom. The van der Waals surface area contributed by atoms with Crippen LogP contribution in [0.25, 0.3) is 0 Å². The highest BCUT2D eigenvalue weighted by molar-refractivity contribution is 5.77. The van der Waals surface area contributed by atoms with Crippen molar-refractivity contribution in [1.82, 2.24) is 0 Å². The molecule has 2 heteroatoms. The summed E-state index contributed by atoms with van der Waals surface area (Å²) in [5, 5.41) is 0. The van der Waals surface area contributed by atoms with Crippen molar-refractivity contribution >= 4 is 5.91 Å². The summed E-state index contributed by atoms with van der Waals surface area (Å²) in [7, 11) is 0. The molecule has 21 heavy (non-hydrogen) atoms.